The Morgan fingerprint density at radius 3 is 2.88 bits per heavy atom. The number of halogens is 1. The number of aliphatic hydroxyl groups is 1. The summed E-state index contributed by atoms with van der Waals surface area (Å²) in [5.74, 6) is 0.296. The molecule has 1 aromatic carbocycles. The van der Waals surface area contributed by atoms with E-state index in [0.717, 1.165) is 36.3 Å². The van der Waals surface area contributed by atoms with E-state index in [4.69, 9.17) is 0 Å². The molecule has 2 aromatic rings. The van der Waals surface area contributed by atoms with Crippen LogP contribution in [-0.4, -0.2) is 21.3 Å². The van der Waals surface area contributed by atoms with Crippen molar-refractivity contribution in [1.82, 2.24) is 9.55 Å². The quantitative estimate of drug-likeness (QED) is 0.914. The zero-order chi connectivity index (χ0) is 16.7. The van der Waals surface area contributed by atoms with E-state index in [1.54, 1.807) is 12.1 Å². The number of hydrogen-bond acceptors (Lipinski definition) is 2. The van der Waals surface area contributed by atoms with E-state index in [9.17, 15) is 9.50 Å². The SMILES string of the molecule is C[C@]12Cn3cnc(-c4ccc(F)cc4)c3C=C1CCC[C@@H]2CCO. The first-order chi connectivity index (χ1) is 11.6. The van der Waals surface area contributed by atoms with Gasteiger partial charge in [-0.3, -0.25) is 0 Å². The normalized spacial score (nSPS) is 25.8. The second-order valence-corrected chi connectivity index (χ2v) is 7.30. The highest BCUT2D eigenvalue weighted by atomic mass is 19.1. The number of allylic oxidation sites excluding steroid dienone is 1. The van der Waals surface area contributed by atoms with Crippen molar-refractivity contribution in [3.05, 3.63) is 47.7 Å². The Bertz CT molecular complexity index is 775. The fourth-order valence-electron chi connectivity index (χ4n) is 4.51. The van der Waals surface area contributed by atoms with Gasteiger partial charge < -0.3 is 9.67 Å². The molecule has 1 saturated carbocycles. The van der Waals surface area contributed by atoms with Gasteiger partial charge in [0.25, 0.3) is 0 Å². The predicted molar refractivity (Wildman–Crippen MR) is 92.7 cm³/mol. The standard InChI is InChI=1S/C20H23FN2O/c1-20-12-23-13-22-19(14-5-7-17(21)8-6-14)18(23)11-16(20)4-2-3-15(20)9-10-24/h5-8,11,13,15,24H,2-4,9-10,12H2,1H3/t15-,20-/m1/s1. The van der Waals surface area contributed by atoms with Crippen LogP contribution in [0.5, 0.6) is 0 Å². The Kier molecular flexibility index (Phi) is 3.80. The van der Waals surface area contributed by atoms with Gasteiger partial charge in [-0.1, -0.05) is 12.5 Å². The molecule has 0 bridgehead atoms. The summed E-state index contributed by atoms with van der Waals surface area (Å²) in [4.78, 5) is 4.60. The van der Waals surface area contributed by atoms with Gasteiger partial charge >= 0.3 is 0 Å². The van der Waals surface area contributed by atoms with Crippen LogP contribution < -0.4 is 0 Å². The third-order valence-electron chi connectivity index (χ3n) is 5.92. The summed E-state index contributed by atoms with van der Waals surface area (Å²) in [7, 11) is 0. The van der Waals surface area contributed by atoms with Crippen LogP contribution in [0.15, 0.2) is 36.2 Å². The molecule has 0 unspecified atom stereocenters. The summed E-state index contributed by atoms with van der Waals surface area (Å²) >= 11 is 0. The molecule has 1 aliphatic carbocycles. The van der Waals surface area contributed by atoms with E-state index in [-0.39, 0.29) is 17.8 Å². The number of rotatable bonds is 3. The lowest BCUT2D eigenvalue weighted by Gasteiger charge is -2.46. The number of fused-ring (bicyclic) bond motifs is 2. The number of aromatic nitrogens is 2. The fraction of sp³-hybridized carbons (Fsp3) is 0.450. The molecule has 1 aliphatic heterocycles. The van der Waals surface area contributed by atoms with E-state index in [1.807, 2.05) is 6.33 Å². The summed E-state index contributed by atoms with van der Waals surface area (Å²) in [5.41, 5.74) is 4.58. The first-order valence-electron chi connectivity index (χ1n) is 8.75. The Hall–Kier alpha value is -1.94. The van der Waals surface area contributed by atoms with E-state index in [0.29, 0.717) is 5.92 Å². The minimum Gasteiger partial charge on any atom is -0.396 e. The van der Waals surface area contributed by atoms with E-state index >= 15 is 0 Å². The van der Waals surface area contributed by atoms with Gasteiger partial charge in [-0.2, -0.15) is 0 Å². The smallest absolute Gasteiger partial charge is 0.123 e. The van der Waals surface area contributed by atoms with Crippen LogP contribution in [-0.2, 0) is 6.54 Å². The zero-order valence-corrected chi connectivity index (χ0v) is 14.0. The molecular weight excluding hydrogens is 303 g/mol. The highest BCUT2D eigenvalue weighted by Gasteiger charge is 2.42. The van der Waals surface area contributed by atoms with Crippen LogP contribution in [0.25, 0.3) is 17.3 Å². The maximum Gasteiger partial charge on any atom is 0.123 e. The molecule has 0 amide bonds. The second-order valence-electron chi connectivity index (χ2n) is 7.30. The first-order valence-corrected chi connectivity index (χ1v) is 8.75. The molecule has 0 radical (unpaired) electrons. The monoisotopic (exact) mass is 326 g/mol. The molecule has 1 aromatic heterocycles. The highest BCUT2D eigenvalue weighted by Crippen LogP contribution is 2.51. The van der Waals surface area contributed by atoms with Gasteiger partial charge in [-0.05, 0) is 61.9 Å². The highest BCUT2D eigenvalue weighted by molar-refractivity contribution is 5.72. The summed E-state index contributed by atoms with van der Waals surface area (Å²) in [6.07, 6.45) is 8.54. The molecule has 3 nitrogen and oxygen atoms in total. The van der Waals surface area contributed by atoms with Crippen LogP contribution in [0.4, 0.5) is 4.39 Å². The topological polar surface area (TPSA) is 38.0 Å². The van der Waals surface area contributed by atoms with E-state index in [2.05, 4.69) is 22.6 Å². The number of benzene rings is 1. The average Bonchev–Trinajstić information content (AvgIpc) is 2.97. The van der Waals surface area contributed by atoms with Gasteiger partial charge in [0, 0.05) is 24.1 Å². The largest absolute Gasteiger partial charge is 0.396 e. The van der Waals surface area contributed by atoms with Crippen molar-refractivity contribution in [2.24, 2.45) is 11.3 Å². The Labute approximate surface area is 141 Å². The van der Waals surface area contributed by atoms with Crippen molar-refractivity contribution in [2.75, 3.05) is 6.61 Å². The fourth-order valence-corrected chi connectivity index (χ4v) is 4.51. The molecule has 2 heterocycles. The van der Waals surface area contributed by atoms with Crippen LogP contribution >= 0.6 is 0 Å². The lowest BCUT2D eigenvalue weighted by Crippen LogP contribution is -2.39. The molecule has 1 N–H and O–H groups in total. The van der Waals surface area contributed by atoms with Crippen LogP contribution in [0.3, 0.4) is 0 Å². The van der Waals surface area contributed by atoms with Gasteiger partial charge in [0.1, 0.15) is 5.82 Å². The lowest BCUT2D eigenvalue weighted by atomic mass is 9.62. The Balaban J connectivity index is 1.75. The first kappa shape index (κ1) is 15.6. The van der Waals surface area contributed by atoms with Gasteiger partial charge in [-0.25, -0.2) is 9.37 Å². The summed E-state index contributed by atoms with van der Waals surface area (Å²) in [5, 5.41) is 9.42. The predicted octanol–water partition coefficient (Wildman–Crippen LogP) is 4.28. The molecule has 0 saturated heterocycles. The summed E-state index contributed by atoms with van der Waals surface area (Å²) in [6.45, 7) is 3.50. The second kappa shape index (κ2) is 5.85. The number of aliphatic hydroxyl groups excluding tert-OH is 1. The van der Waals surface area contributed by atoms with Crippen molar-refractivity contribution >= 4 is 6.08 Å². The Morgan fingerprint density at radius 2 is 2.12 bits per heavy atom. The summed E-state index contributed by atoms with van der Waals surface area (Å²) in [6, 6.07) is 6.55. The molecule has 126 valence electrons. The molecule has 0 spiro atoms. The van der Waals surface area contributed by atoms with Crippen LogP contribution in [0.1, 0.15) is 38.3 Å². The van der Waals surface area contributed by atoms with Crippen molar-refractivity contribution in [2.45, 2.75) is 39.2 Å². The third-order valence-corrected chi connectivity index (χ3v) is 5.92. The third kappa shape index (κ3) is 2.40. The van der Waals surface area contributed by atoms with Crippen LogP contribution in [0.2, 0.25) is 0 Å². The van der Waals surface area contributed by atoms with Crippen LogP contribution in [0, 0.1) is 17.2 Å². The molecule has 1 fully saturated rings. The molecule has 24 heavy (non-hydrogen) atoms. The molecule has 2 aliphatic rings. The molecule has 4 heteroatoms. The minimum atomic E-state index is -0.225. The van der Waals surface area contributed by atoms with E-state index in [1.165, 1.54) is 30.5 Å². The van der Waals surface area contributed by atoms with Crippen molar-refractivity contribution < 1.29 is 9.50 Å². The minimum absolute atomic E-state index is 0.106. The van der Waals surface area contributed by atoms with Crippen molar-refractivity contribution in [3.63, 3.8) is 0 Å². The number of hydrogen-bond donors (Lipinski definition) is 1. The lowest BCUT2D eigenvalue weighted by molar-refractivity contribution is 0.118. The number of nitrogens with zero attached hydrogens (tertiary/aromatic N) is 2. The van der Waals surface area contributed by atoms with Gasteiger partial charge in [0.2, 0.25) is 0 Å². The molecule has 4 rings (SSSR count). The molecular formula is C20H23FN2O. The average molecular weight is 326 g/mol. The Morgan fingerprint density at radius 1 is 1.33 bits per heavy atom. The zero-order valence-electron chi connectivity index (χ0n) is 14.0. The van der Waals surface area contributed by atoms with Crippen molar-refractivity contribution in [1.29, 1.82) is 0 Å². The maximum atomic E-state index is 13.2. The van der Waals surface area contributed by atoms with E-state index < -0.39 is 0 Å². The summed E-state index contributed by atoms with van der Waals surface area (Å²) < 4.78 is 15.4. The van der Waals surface area contributed by atoms with Gasteiger partial charge in [0.05, 0.1) is 17.7 Å². The molecule has 2 atom stereocenters. The van der Waals surface area contributed by atoms with Gasteiger partial charge in [-0.15, -0.1) is 0 Å². The van der Waals surface area contributed by atoms with Gasteiger partial charge in [0.15, 0.2) is 0 Å². The maximum absolute atomic E-state index is 13.2. The number of imidazole rings is 1. The van der Waals surface area contributed by atoms with Crippen molar-refractivity contribution in [3.8, 4) is 11.3 Å².